The summed E-state index contributed by atoms with van der Waals surface area (Å²) in [6.07, 6.45) is 0. The fourth-order valence-corrected chi connectivity index (χ4v) is 2.47. The zero-order valence-corrected chi connectivity index (χ0v) is 16.1. The molecule has 2 aromatic carbocycles. The van der Waals surface area contributed by atoms with Crippen molar-refractivity contribution in [3.63, 3.8) is 0 Å². The fourth-order valence-electron chi connectivity index (χ4n) is 2.36. The summed E-state index contributed by atoms with van der Waals surface area (Å²) in [6.45, 7) is 7.30. The summed E-state index contributed by atoms with van der Waals surface area (Å²) in [4.78, 5) is 12.1. The number of ether oxygens (including phenoxy) is 3. The highest BCUT2D eigenvalue weighted by molar-refractivity contribution is 6.32. The molecule has 6 heteroatoms. The van der Waals surface area contributed by atoms with Gasteiger partial charge < -0.3 is 19.5 Å². The highest BCUT2D eigenvalue weighted by atomic mass is 35.5. The fraction of sp³-hybridized carbons (Fsp3) is 0.350. The van der Waals surface area contributed by atoms with Gasteiger partial charge in [-0.1, -0.05) is 17.7 Å². The third kappa shape index (κ3) is 6.24. The van der Waals surface area contributed by atoms with Gasteiger partial charge in [-0.25, -0.2) is 0 Å². The number of benzene rings is 2. The van der Waals surface area contributed by atoms with Gasteiger partial charge in [0.05, 0.1) is 6.61 Å². The zero-order chi connectivity index (χ0) is 18.9. The molecule has 0 heterocycles. The van der Waals surface area contributed by atoms with Crippen molar-refractivity contribution in [2.24, 2.45) is 0 Å². The van der Waals surface area contributed by atoms with Crippen molar-refractivity contribution < 1.29 is 19.0 Å². The average molecular weight is 378 g/mol. The van der Waals surface area contributed by atoms with Crippen LogP contribution in [0, 0.1) is 13.8 Å². The molecule has 5 nitrogen and oxygen atoms in total. The smallest absolute Gasteiger partial charge is 0.262 e. The number of aryl methyl sites for hydroxylation is 2. The molecule has 1 amide bonds. The maximum absolute atomic E-state index is 12.1. The third-order valence-electron chi connectivity index (χ3n) is 3.60. The number of anilines is 1. The van der Waals surface area contributed by atoms with Crippen LogP contribution in [-0.2, 0) is 9.53 Å². The van der Waals surface area contributed by atoms with E-state index in [2.05, 4.69) is 5.32 Å². The van der Waals surface area contributed by atoms with Crippen LogP contribution in [0.1, 0.15) is 18.1 Å². The van der Waals surface area contributed by atoms with Crippen LogP contribution in [0.5, 0.6) is 11.5 Å². The van der Waals surface area contributed by atoms with Gasteiger partial charge in [-0.15, -0.1) is 0 Å². The predicted molar refractivity (Wildman–Crippen MR) is 103 cm³/mol. The monoisotopic (exact) mass is 377 g/mol. The summed E-state index contributed by atoms with van der Waals surface area (Å²) in [6, 6.07) is 10.8. The number of hydrogen-bond acceptors (Lipinski definition) is 4. The summed E-state index contributed by atoms with van der Waals surface area (Å²) in [5.74, 6) is 1.04. The SMILES string of the molecule is CCOCCOc1cccc(NC(=O)COc2cc(C)c(Cl)c(C)c2)c1. The van der Waals surface area contributed by atoms with Crippen molar-refractivity contribution >= 4 is 23.2 Å². The lowest BCUT2D eigenvalue weighted by atomic mass is 10.1. The molecule has 0 radical (unpaired) electrons. The highest BCUT2D eigenvalue weighted by Crippen LogP contribution is 2.26. The van der Waals surface area contributed by atoms with Gasteiger partial charge in [0, 0.05) is 23.4 Å². The number of carbonyl (C=O) groups excluding carboxylic acids is 1. The van der Waals surface area contributed by atoms with E-state index in [0.29, 0.717) is 42.0 Å². The van der Waals surface area contributed by atoms with E-state index in [1.54, 1.807) is 12.1 Å². The summed E-state index contributed by atoms with van der Waals surface area (Å²) in [5.41, 5.74) is 2.48. The first kappa shape index (κ1) is 20.1. The van der Waals surface area contributed by atoms with Gasteiger partial charge in [-0.3, -0.25) is 4.79 Å². The molecular formula is C20H24ClNO4. The first-order chi connectivity index (χ1) is 12.5. The van der Waals surface area contributed by atoms with E-state index < -0.39 is 0 Å². The van der Waals surface area contributed by atoms with Crippen LogP contribution in [0.25, 0.3) is 0 Å². The number of rotatable bonds is 9. The second-order valence-electron chi connectivity index (χ2n) is 5.78. The van der Waals surface area contributed by atoms with Crippen LogP contribution in [0.2, 0.25) is 5.02 Å². The van der Waals surface area contributed by atoms with Gasteiger partial charge in [0.1, 0.15) is 18.1 Å². The number of nitrogens with one attached hydrogen (secondary N) is 1. The summed E-state index contributed by atoms with van der Waals surface area (Å²) < 4.78 is 16.4. The topological polar surface area (TPSA) is 56.8 Å². The number of halogens is 1. The van der Waals surface area contributed by atoms with Crippen LogP contribution in [0.4, 0.5) is 5.69 Å². The number of carbonyl (C=O) groups is 1. The van der Waals surface area contributed by atoms with Gasteiger partial charge in [0.25, 0.3) is 5.91 Å². The largest absolute Gasteiger partial charge is 0.491 e. The second-order valence-corrected chi connectivity index (χ2v) is 6.16. The van der Waals surface area contributed by atoms with Crippen LogP contribution >= 0.6 is 11.6 Å². The van der Waals surface area contributed by atoms with Gasteiger partial charge in [-0.2, -0.15) is 0 Å². The maximum atomic E-state index is 12.1. The molecule has 0 atom stereocenters. The molecule has 0 aliphatic heterocycles. The average Bonchev–Trinajstić information content (AvgIpc) is 2.62. The number of hydrogen-bond donors (Lipinski definition) is 1. The zero-order valence-electron chi connectivity index (χ0n) is 15.3. The molecule has 0 aliphatic rings. The Balaban J connectivity index is 1.86. The molecule has 140 valence electrons. The van der Waals surface area contributed by atoms with E-state index in [1.165, 1.54) is 0 Å². The van der Waals surface area contributed by atoms with Crippen molar-refractivity contribution in [3.8, 4) is 11.5 Å². The molecule has 0 saturated carbocycles. The third-order valence-corrected chi connectivity index (χ3v) is 4.19. The van der Waals surface area contributed by atoms with Gasteiger partial charge in [0.2, 0.25) is 0 Å². The van der Waals surface area contributed by atoms with Crippen molar-refractivity contribution in [1.29, 1.82) is 0 Å². The minimum Gasteiger partial charge on any atom is -0.491 e. The normalized spacial score (nSPS) is 10.5. The van der Waals surface area contributed by atoms with Gasteiger partial charge in [0.15, 0.2) is 6.61 Å². The Hall–Kier alpha value is -2.24. The van der Waals surface area contributed by atoms with E-state index in [1.807, 2.05) is 45.0 Å². The molecule has 2 aromatic rings. The molecular weight excluding hydrogens is 354 g/mol. The Morgan fingerprint density at radius 2 is 1.77 bits per heavy atom. The lowest BCUT2D eigenvalue weighted by molar-refractivity contribution is -0.118. The van der Waals surface area contributed by atoms with Crippen molar-refractivity contribution in [2.45, 2.75) is 20.8 Å². The Morgan fingerprint density at radius 1 is 1.04 bits per heavy atom. The van der Waals surface area contributed by atoms with E-state index in [9.17, 15) is 4.79 Å². The quantitative estimate of drug-likeness (QED) is 0.658. The summed E-state index contributed by atoms with van der Waals surface area (Å²) >= 11 is 6.13. The minimum atomic E-state index is -0.248. The number of amides is 1. The minimum absolute atomic E-state index is 0.0874. The summed E-state index contributed by atoms with van der Waals surface area (Å²) in [5, 5.41) is 3.50. The Kier molecular flexibility index (Phi) is 7.75. The molecule has 26 heavy (non-hydrogen) atoms. The van der Waals surface area contributed by atoms with Crippen LogP contribution in [-0.4, -0.2) is 32.3 Å². The second kappa shape index (κ2) is 10.0. The van der Waals surface area contributed by atoms with Crippen LogP contribution in [0.15, 0.2) is 36.4 Å². The van der Waals surface area contributed by atoms with Crippen LogP contribution < -0.4 is 14.8 Å². The van der Waals surface area contributed by atoms with Crippen LogP contribution in [0.3, 0.4) is 0 Å². The standard InChI is InChI=1S/C20H24ClNO4/c1-4-24-8-9-25-17-7-5-6-16(12-17)22-19(23)13-26-18-10-14(2)20(21)15(3)11-18/h5-7,10-12H,4,8-9,13H2,1-3H3,(H,22,23). The first-order valence-electron chi connectivity index (χ1n) is 8.49. The molecule has 1 N–H and O–H groups in total. The molecule has 0 saturated heterocycles. The molecule has 0 aliphatic carbocycles. The van der Waals surface area contributed by atoms with E-state index in [0.717, 1.165) is 11.1 Å². The highest BCUT2D eigenvalue weighted by Gasteiger charge is 2.07. The molecule has 0 spiro atoms. The van der Waals surface area contributed by atoms with Gasteiger partial charge in [-0.05, 0) is 56.2 Å². The lowest BCUT2D eigenvalue weighted by Gasteiger charge is -2.11. The van der Waals surface area contributed by atoms with Crippen molar-refractivity contribution in [1.82, 2.24) is 0 Å². The van der Waals surface area contributed by atoms with Crippen molar-refractivity contribution in [3.05, 3.63) is 52.5 Å². The van der Waals surface area contributed by atoms with Crippen molar-refractivity contribution in [2.75, 3.05) is 31.7 Å². The maximum Gasteiger partial charge on any atom is 0.262 e. The van der Waals surface area contributed by atoms with E-state index in [4.69, 9.17) is 25.8 Å². The summed E-state index contributed by atoms with van der Waals surface area (Å²) in [7, 11) is 0. The van der Waals surface area contributed by atoms with Gasteiger partial charge >= 0.3 is 0 Å². The Labute approximate surface area is 159 Å². The molecule has 0 unspecified atom stereocenters. The first-order valence-corrected chi connectivity index (χ1v) is 8.87. The molecule has 0 bridgehead atoms. The van der Waals surface area contributed by atoms with E-state index >= 15 is 0 Å². The molecule has 0 aromatic heterocycles. The predicted octanol–water partition coefficient (Wildman–Crippen LogP) is 4.39. The van der Waals surface area contributed by atoms with E-state index in [-0.39, 0.29) is 12.5 Å². The molecule has 2 rings (SSSR count). The molecule has 0 fully saturated rings. The Bertz CT molecular complexity index is 725. The Morgan fingerprint density at radius 3 is 2.46 bits per heavy atom. The lowest BCUT2D eigenvalue weighted by Crippen LogP contribution is -2.20.